The summed E-state index contributed by atoms with van der Waals surface area (Å²) in [5.74, 6) is 0.632. The molecule has 0 aliphatic carbocycles. The molecule has 1 atom stereocenters. The first-order valence-corrected chi connectivity index (χ1v) is 4.61. The first-order valence-electron chi connectivity index (χ1n) is 4.20. The third kappa shape index (κ3) is 2.36. The van der Waals surface area contributed by atoms with E-state index in [1.165, 1.54) is 0 Å². The number of aromatic amines is 1. The van der Waals surface area contributed by atoms with Gasteiger partial charge < -0.3 is 14.5 Å². The maximum absolute atomic E-state index is 5.29. The second kappa shape index (κ2) is 3.99. The van der Waals surface area contributed by atoms with Crippen LogP contribution in [0.15, 0.2) is 4.42 Å². The molecule has 1 fully saturated rings. The van der Waals surface area contributed by atoms with E-state index in [1.54, 1.807) is 0 Å². The molecule has 0 saturated carbocycles. The molecule has 72 valence electrons. The zero-order valence-electron chi connectivity index (χ0n) is 7.08. The van der Waals surface area contributed by atoms with Crippen molar-refractivity contribution in [2.24, 2.45) is 0 Å². The molecule has 2 rings (SSSR count). The molecule has 1 saturated heterocycles. The summed E-state index contributed by atoms with van der Waals surface area (Å²) < 4.78 is 10.4. The second-order valence-electron chi connectivity index (χ2n) is 2.94. The fourth-order valence-corrected chi connectivity index (χ4v) is 1.45. The Balaban J connectivity index is 1.93. The lowest BCUT2D eigenvalue weighted by Gasteiger charge is -2.22. The summed E-state index contributed by atoms with van der Waals surface area (Å²) in [7, 11) is 0. The lowest BCUT2D eigenvalue weighted by atomic mass is 10.2. The van der Waals surface area contributed by atoms with Gasteiger partial charge in [0, 0.05) is 19.0 Å². The van der Waals surface area contributed by atoms with Crippen LogP contribution in [-0.4, -0.2) is 36.0 Å². The summed E-state index contributed by atoms with van der Waals surface area (Å²) in [6.45, 7) is 2.37. The number of ether oxygens (including phenoxy) is 1. The Morgan fingerprint density at radius 3 is 3.15 bits per heavy atom. The zero-order valence-corrected chi connectivity index (χ0v) is 7.89. The second-order valence-corrected chi connectivity index (χ2v) is 3.31. The van der Waals surface area contributed by atoms with Crippen molar-refractivity contribution in [1.82, 2.24) is 15.5 Å². The van der Waals surface area contributed by atoms with E-state index in [4.69, 9.17) is 21.4 Å². The molecule has 2 N–H and O–H groups in total. The smallest absolute Gasteiger partial charge is 0.284 e. The third-order valence-corrected chi connectivity index (χ3v) is 2.08. The SMILES string of the molecule is S=c1[nH]nc(CC2COCCN2)o1. The molecule has 0 aromatic carbocycles. The van der Waals surface area contributed by atoms with E-state index in [0.29, 0.717) is 23.8 Å². The third-order valence-electron chi connectivity index (χ3n) is 1.90. The van der Waals surface area contributed by atoms with Gasteiger partial charge >= 0.3 is 0 Å². The van der Waals surface area contributed by atoms with Gasteiger partial charge in [0.25, 0.3) is 4.84 Å². The van der Waals surface area contributed by atoms with Crippen molar-refractivity contribution in [2.75, 3.05) is 19.8 Å². The molecule has 0 bridgehead atoms. The van der Waals surface area contributed by atoms with Gasteiger partial charge in [-0.25, -0.2) is 5.10 Å². The van der Waals surface area contributed by atoms with Crippen LogP contribution in [0.3, 0.4) is 0 Å². The minimum Gasteiger partial charge on any atom is -0.414 e. The van der Waals surface area contributed by atoms with Crippen LogP contribution in [0.2, 0.25) is 0 Å². The molecule has 5 nitrogen and oxygen atoms in total. The highest BCUT2D eigenvalue weighted by Crippen LogP contribution is 2.02. The summed E-state index contributed by atoms with van der Waals surface area (Å²) in [6, 6.07) is 0.287. The monoisotopic (exact) mass is 201 g/mol. The van der Waals surface area contributed by atoms with Crippen LogP contribution < -0.4 is 5.32 Å². The van der Waals surface area contributed by atoms with Gasteiger partial charge in [0.2, 0.25) is 5.89 Å². The number of nitrogens with zero attached hydrogens (tertiary/aromatic N) is 1. The van der Waals surface area contributed by atoms with Crippen LogP contribution in [0.4, 0.5) is 0 Å². The lowest BCUT2D eigenvalue weighted by molar-refractivity contribution is 0.0749. The van der Waals surface area contributed by atoms with Crippen molar-refractivity contribution < 1.29 is 9.15 Å². The lowest BCUT2D eigenvalue weighted by Crippen LogP contribution is -2.42. The Kier molecular flexibility index (Phi) is 2.72. The Hall–Kier alpha value is -0.720. The van der Waals surface area contributed by atoms with E-state index in [0.717, 1.165) is 13.2 Å². The van der Waals surface area contributed by atoms with E-state index in [-0.39, 0.29) is 6.04 Å². The molecule has 1 aromatic heterocycles. The Morgan fingerprint density at radius 2 is 2.54 bits per heavy atom. The standard InChI is InChI=1S/C7H11N3O2S/c13-7-10-9-6(12-7)3-5-4-11-2-1-8-5/h5,8H,1-4H2,(H,10,13). The highest BCUT2D eigenvalue weighted by Gasteiger charge is 2.15. The minimum atomic E-state index is 0.287. The molecule has 1 aliphatic rings. The van der Waals surface area contributed by atoms with E-state index in [2.05, 4.69) is 15.5 Å². The maximum atomic E-state index is 5.29. The van der Waals surface area contributed by atoms with Crippen molar-refractivity contribution in [3.8, 4) is 0 Å². The first kappa shape index (κ1) is 8.86. The van der Waals surface area contributed by atoms with Crippen LogP contribution in [0, 0.1) is 4.84 Å². The molecule has 0 spiro atoms. The molecule has 1 unspecified atom stereocenters. The van der Waals surface area contributed by atoms with Crippen molar-refractivity contribution in [1.29, 1.82) is 0 Å². The molecule has 6 heteroatoms. The summed E-state index contributed by atoms with van der Waals surface area (Å²) in [4.78, 5) is 0.326. The van der Waals surface area contributed by atoms with Crippen LogP contribution in [0.5, 0.6) is 0 Å². The van der Waals surface area contributed by atoms with Gasteiger partial charge in [0.1, 0.15) is 0 Å². The van der Waals surface area contributed by atoms with E-state index < -0.39 is 0 Å². The zero-order chi connectivity index (χ0) is 9.10. The van der Waals surface area contributed by atoms with Crippen molar-refractivity contribution in [3.63, 3.8) is 0 Å². The predicted octanol–water partition coefficient (Wildman–Crippen LogP) is 0.263. The number of morpholine rings is 1. The van der Waals surface area contributed by atoms with E-state index in [9.17, 15) is 0 Å². The van der Waals surface area contributed by atoms with Gasteiger partial charge in [0.05, 0.1) is 13.2 Å². The number of hydrogen-bond donors (Lipinski definition) is 2. The van der Waals surface area contributed by atoms with Gasteiger partial charge in [-0.2, -0.15) is 0 Å². The average Bonchev–Trinajstić information content (AvgIpc) is 2.53. The van der Waals surface area contributed by atoms with E-state index >= 15 is 0 Å². The normalized spacial score (nSPS) is 23.2. The highest BCUT2D eigenvalue weighted by molar-refractivity contribution is 7.71. The quantitative estimate of drug-likeness (QED) is 0.672. The first-order chi connectivity index (χ1) is 6.34. The average molecular weight is 201 g/mol. The molecule has 13 heavy (non-hydrogen) atoms. The van der Waals surface area contributed by atoms with Gasteiger partial charge in [-0.15, -0.1) is 5.10 Å². The number of rotatable bonds is 2. The molecule has 1 aliphatic heterocycles. The van der Waals surface area contributed by atoms with Crippen molar-refractivity contribution in [3.05, 3.63) is 10.7 Å². The Labute approximate surface area is 80.5 Å². The topological polar surface area (TPSA) is 63.1 Å². The number of hydrogen-bond acceptors (Lipinski definition) is 5. The molecule has 0 radical (unpaired) electrons. The Bertz CT molecular complexity index is 316. The number of nitrogens with one attached hydrogen (secondary N) is 2. The number of aromatic nitrogens is 2. The predicted molar refractivity (Wildman–Crippen MR) is 48.0 cm³/mol. The van der Waals surface area contributed by atoms with Crippen molar-refractivity contribution in [2.45, 2.75) is 12.5 Å². The van der Waals surface area contributed by atoms with Crippen LogP contribution in [0.1, 0.15) is 5.89 Å². The van der Waals surface area contributed by atoms with Gasteiger partial charge in [-0.1, -0.05) is 0 Å². The van der Waals surface area contributed by atoms with Gasteiger partial charge in [-0.3, -0.25) is 0 Å². The fraction of sp³-hybridized carbons (Fsp3) is 0.714. The molecule has 0 amide bonds. The number of H-pyrrole nitrogens is 1. The fourth-order valence-electron chi connectivity index (χ4n) is 1.31. The minimum absolute atomic E-state index is 0.287. The van der Waals surface area contributed by atoms with Gasteiger partial charge in [-0.05, 0) is 12.2 Å². The van der Waals surface area contributed by atoms with Gasteiger partial charge in [0.15, 0.2) is 0 Å². The summed E-state index contributed by atoms with van der Waals surface area (Å²) in [5.41, 5.74) is 0. The molecule has 1 aromatic rings. The Morgan fingerprint density at radius 1 is 1.62 bits per heavy atom. The highest BCUT2D eigenvalue weighted by atomic mass is 32.1. The molecular weight excluding hydrogens is 190 g/mol. The summed E-state index contributed by atoms with van der Waals surface area (Å²) in [5, 5.41) is 9.81. The molecule has 2 heterocycles. The van der Waals surface area contributed by atoms with Crippen LogP contribution in [0.25, 0.3) is 0 Å². The summed E-state index contributed by atoms with van der Waals surface area (Å²) >= 11 is 4.76. The van der Waals surface area contributed by atoms with Crippen molar-refractivity contribution >= 4 is 12.2 Å². The van der Waals surface area contributed by atoms with Crippen LogP contribution in [-0.2, 0) is 11.2 Å². The molecular formula is C7H11N3O2S. The largest absolute Gasteiger partial charge is 0.414 e. The van der Waals surface area contributed by atoms with Crippen LogP contribution >= 0.6 is 12.2 Å². The maximum Gasteiger partial charge on any atom is 0.284 e. The summed E-state index contributed by atoms with van der Waals surface area (Å²) in [6.07, 6.45) is 0.715. The van der Waals surface area contributed by atoms with E-state index in [1.807, 2.05) is 0 Å².